The summed E-state index contributed by atoms with van der Waals surface area (Å²) in [7, 11) is 1.11. The first-order valence-corrected chi connectivity index (χ1v) is 8.28. The zero-order chi connectivity index (χ0) is 19.6. The zero-order valence-electron chi connectivity index (χ0n) is 14.5. The number of alkyl halides is 3. The van der Waals surface area contributed by atoms with Crippen LogP contribution in [0.4, 0.5) is 18.9 Å². The molecule has 1 aromatic heterocycles. The van der Waals surface area contributed by atoms with Gasteiger partial charge >= 0.3 is 12.1 Å². The van der Waals surface area contributed by atoms with Gasteiger partial charge in [-0.1, -0.05) is 0 Å². The Bertz CT molecular complexity index is 826. The molecule has 0 bridgehead atoms. The summed E-state index contributed by atoms with van der Waals surface area (Å²) in [6, 6.07) is 6.76. The van der Waals surface area contributed by atoms with Crippen molar-refractivity contribution < 1.29 is 27.5 Å². The molecule has 1 N–H and O–H groups in total. The lowest BCUT2D eigenvalue weighted by Gasteiger charge is -2.37. The standard InChI is InChI=1S/C18H18F3N3O3/c1-27-17(26)12-4-5-15(13(11-12)18(19,20)21)23-7-9-24(10-8-23)16(25)14-3-2-6-22-14/h2-6,11,22H,7-10H2,1H3. The SMILES string of the molecule is COC(=O)c1ccc(N2CCN(C(=O)c3ccc[nH]3)CC2)c(C(F)(F)F)c1. The fraction of sp³-hybridized carbons (Fsp3) is 0.333. The van der Waals surface area contributed by atoms with Crippen molar-refractivity contribution in [1.82, 2.24) is 9.88 Å². The monoisotopic (exact) mass is 381 g/mol. The summed E-state index contributed by atoms with van der Waals surface area (Å²) in [5.41, 5.74) is -0.618. The Morgan fingerprint density at radius 3 is 2.37 bits per heavy atom. The van der Waals surface area contributed by atoms with Crippen LogP contribution in [0.5, 0.6) is 0 Å². The lowest BCUT2D eigenvalue weighted by atomic mass is 10.1. The Kier molecular flexibility index (Phi) is 5.11. The van der Waals surface area contributed by atoms with E-state index >= 15 is 0 Å². The Balaban J connectivity index is 1.79. The molecule has 1 saturated heterocycles. The van der Waals surface area contributed by atoms with Crippen LogP contribution >= 0.6 is 0 Å². The fourth-order valence-corrected chi connectivity index (χ4v) is 3.07. The number of piperazine rings is 1. The van der Waals surface area contributed by atoms with Crippen molar-refractivity contribution in [3.63, 3.8) is 0 Å². The largest absolute Gasteiger partial charge is 0.465 e. The van der Waals surface area contributed by atoms with E-state index in [0.29, 0.717) is 18.8 Å². The molecular weight excluding hydrogens is 363 g/mol. The number of hydrogen-bond donors (Lipinski definition) is 1. The Morgan fingerprint density at radius 2 is 1.81 bits per heavy atom. The minimum atomic E-state index is -4.61. The van der Waals surface area contributed by atoms with Crippen molar-refractivity contribution in [2.75, 3.05) is 38.2 Å². The van der Waals surface area contributed by atoms with Gasteiger partial charge in [-0.15, -0.1) is 0 Å². The van der Waals surface area contributed by atoms with Crippen molar-refractivity contribution in [2.45, 2.75) is 6.18 Å². The highest BCUT2D eigenvalue weighted by Crippen LogP contribution is 2.37. The van der Waals surface area contributed by atoms with Crippen LogP contribution in [-0.4, -0.2) is 55.0 Å². The number of esters is 1. The van der Waals surface area contributed by atoms with Gasteiger partial charge in [0.1, 0.15) is 5.69 Å². The first-order valence-electron chi connectivity index (χ1n) is 8.28. The summed E-state index contributed by atoms with van der Waals surface area (Å²) in [5, 5.41) is 0. The van der Waals surface area contributed by atoms with E-state index in [0.717, 1.165) is 13.2 Å². The van der Waals surface area contributed by atoms with Gasteiger partial charge in [0.15, 0.2) is 0 Å². The summed E-state index contributed by atoms with van der Waals surface area (Å²) < 4.78 is 45.0. The molecule has 9 heteroatoms. The van der Waals surface area contributed by atoms with E-state index < -0.39 is 17.7 Å². The molecular formula is C18H18F3N3O3. The van der Waals surface area contributed by atoms with Gasteiger partial charge in [0.2, 0.25) is 0 Å². The number of nitrogens with zero attached hydrogens (tertiary/aromatic N) is 2. The molecule has 0 saturated carbocycles. The number of amides is 1. The number of benzene rings is 1. The first kappa shape index (κ1) is 18.8. The maximum Gasteiger partial charge on any atom is 0.418 e. The number of carbonyl (C=O) groups excluding carboxylic acids is 2. The Labute approximate surface area is 153 Å². The number of rotatable bonds is 3. The number of methoxy groups -OCH3 is 1. The normalized spacial score (nSPS) is 15.0. The lowest BCUT2D eigenvalue weighted by molar-refractivity contribution is -0.137. The molecule has 1 fully saturated rings. The average molecular weight is 381 g/mol. The second kappa shape index (κ2) is 7.34. The lowest BCUT2D eigenvalue weighted by Crippen LogP contribution is -2.49. The van der Waals surface area contributed by atoms with Gasteiger partial charge < -0.3 is 19.5 Å². The van der Waals surface area contributed by atoms with Crippen LogP contribution in [0.1, 0.15) is 26.4 Å². The molecule has 0 radical (unpaired) electrons. The van der Waals surface area contributed by atoms with Crippen LogP contribution in [0, 0.1) is 0 Å². The number of hydrogen-bond acceptors (Lipinski definition) is 4. The van der Waals surface area contributed by atoms with Gasteiger partial charge in [-0.05, 0) is 30.3 Å². The second-order valence-corrected chi connectivity index (χ2v) is 6.08. The number of nitrogens with one attached hydrogen (secondary N) is 1. The molecule has 0 spiro atoms. The summed E-state index contributed by atoms with van der Waals surface area (Å²) in [6.07, 6.45) is -2.97. The third-order valence-electron chi connectivity index (χ3n) is 4.46. The molecule has 144 valence electrons. The number of anilines is 1. The van der Waals surface area contributed by atoms with E-state index in [1.54, 1.807) is 28.1 Å². The van der Waals surface area contributed by atoms with Crippen LogP contribution < -0.4 is 4.90 Å². The minimum absolute atomic E-state index is 0.0119. The number of carbonyl (C=O) groups is 2. The molecule has 6 nitrogen and oxygen atoms in total. The van der Waals surface area contributed by atoms with Gasteiger partial charge in [0.05, 0.1) is 18.2 Å². The minimum Gasteiger partial charge on any atom is -0.465 e. The molecule has 2 aromatic rings. The predicted octanol–water partition coefficient (Wildman–Crippen LogP) is 2.78. The molecule has 1 aliphatic heterocycles. The molecule has 1 amide bonds. The van der Waals surface area contributed by atoms with E-state index in [-0.39, 0.29) is 30.2 Å². The zero-order valence-corrected chi connectivity index (χ0v) is 14.5. The number of ether oxygens (including phenoxy) is 1. The third-order valence-corrected chi connectivity index (χ3v) is 4.46. The van der Waals surface area contributed by atoms with Crippen molar-refractivity contribution >= 4 is 17.6 Å². The van der Waals surface area contributed by atoms with E-state index in [9.17, 15) is 22.8 Å². The summed E-state index contributed by atoms with van der Waals surface area (Å²) in [6.45, 7) is 1.11. The van der Waals surface area contributed by atoms with Crippen molar-refractivity contribution in [3.05, 3.63) is 53.3 Å². The number of halogens is 3. The van der Waals surface area contributed by atoms with Crippen LogP contribution in [-0.2, 0) is 10.9 Å². The van der Waals surface area contributed by atoms with Gasteiger partial charge in [-0.3, -0.25) is 4.79 Å². The van der Waals surface area contributed by atoms with E-state index in [1.807, 2.05) is 0 Å². The van der Waals surface area contributed by atoms with Crippen molar-refractivity contribution in [2.24, 2.45) is 0 Å². The first-order chi connectivity index (χ1) is 12.8. The maximum absolute atomic E-state index is 13.5. The number of H-pyrrole nitrogens is 1. The molecule has 0 atom stereocenters. The molecule has 0 aliphatic carbocycles. The van der Waals surface area contributed by atoms with Gasteiger partial charge in [0.25, 0.3) is 5.91 Å². The maximum atomic E-state index is 13.5. The van der Waals surface area contributed by atoms with Crippen molar-refractivity contribution in [1.29, 1.82) is 0 Å². The van der Waals surface area contributed by atoms with Gasteiger partial charge in [-0.25, -0.2) is 4.79 Å². The average Bonchev–Trinajstić information content (AvgIpc) is 3.20. The molecule has 2 heterocycles. The van der Waals surface area contributed by atoms with Crippen LogP contribution in [0.3, 0.4) is 0 Å². The Hall–Kier alpha value is -2.97. The van der Waals surface area contributed by atoms with Gasteiger partial charge in [0, 0.05) is 38.1 Å². The highest BCUT2D eigenvalue weighted by atomic mass is 19.4. The van der Waals surface area contributed by atoms with Crippen LogP contribution in [0.25, 0.3) is 0 Å². The van der Waals surface area contributed by atoms with E-state index in [1.165, 1.54) is 12.1 Å². The molecule has 1 aromatic carbocycles. The number of aromatic nitrogens is 1. The van der Waals surface area contributed by atoms with E-state index in [2.05, 4.69) is 9.72 Å². The molecule has 1 aliphatic rings. The summed E-state index contributed by atoms with van der Waals surface area (Å²) >= 11 is 0. The van der Waals surface area contributed by atoms with E-state index in [4.69, 9.17) is 0 Å². The highest BCUT2D eigenvalue weighted by molar-refractivity contribution is 5.92. The van der Waals surface area contributed by atoms with Gasteiger partial charge in [-0.2, -0.15) is 13.2 Å². The highest BCUT2D eigenvalue weighted by Gasteiger charge is 2.36. The topological polar surface area (TPSA) is 65.6 Å². The van der Waals surface area contributed by atoms with Crippen LogP contribution in [0.2, 0.25) is 0 Å². The predicted molar refractivity (Wildman–Crippen MR) is 91.7 cm³/mol. The molecule has 3 rings (SSSR count). The molecule has 27 heavy (non-hydrogen) atoms. The second-order valence-electron chi connectivity index (χ2n) is 6.08. The Morgan fingerprint density at radius 1 is 1.11 bits per heavy atom. The summed E-state index contributed by atoms with van der Waals surface area (Å²) in [5.74, 6) is -1.01. The number of aromatic amines is 1. The third kappa shape index (κ3) is 3.91. The summed E-state index contributed by atoms with van der Waals surface area (Å²) in [4.78, 5) is 29.9. The van der Waals surface area contributed by atoms with Crippen LogP contribution in [0.15, 0.2) is 36.5 Å². The molecule has 0 unspecified atom stereocenters. The quantitative estimate of drug-likeness (QED) is 0.831. The van der Waals surface area contributed by atoms with Crippen molar-refractivity contribution in [3.8, 4) is 0 Å². The smallest absolute Gasteiger partial charge is 0.418 e. The fourth-order valence-electron chi connectivity index (χ4n) is 3.07.